The Kier molecular flexibility index (Phi) is 2.83. The highest BCUT2D eigenvalue weighted by Crippen LogP contribution is 2.29. The number of rotatable bonds is 1. The Morgan fingerprint density at radius 2 is 2.20 bits per heavy atom. The second-order valence-corrected chi connectivity index (χ2v) is 3.36. The molecule has 1 saturated heterocycles. The van der Waals surface area contributed by atoms with E-state index in [1.165, 1.54) is 6.07 Å². The van der Waals surface area contributed by atoms with Gasteiger partial charge in [0, 0.05) is 18.7 Å². The van der Waals surface area contributed by atoms with Crippen molar-refractivity contribution in [2.24, 2.45) is 0 Å². The van der Waals surface area contributed by atoms with E-state index < -0.39 is 23.5 Å². The van der Waals surface area contributed by atoms with E-state index >= 15 is 0 Å². The molecule has 2 rings (SSSR count). The number of nitrogens with one attached hydrogen (secondary N) is 1. The molecule has 1 aromatic rings. The van der Waals surface area contributed by atoms with Gasteiger partial charge in [0.1, 0.15) is 0 Å². The molecule has 1 aromatic carbocycles. The number of hydrogen-bond donors (Lipinski definition) is 2. The Bertz CT molecular complexity index is 365. The predicted octanol–water partition coefficient (Wildman–Crippen LogP) is 1.33. The van der Waals surface area contributed by atoms with Crippen LogP contribution in [0.2, 0.25) is 0 Å². The number of phenolic OH excluding ortho intramolecular Hbond substituents is 1. The summed E-state index contributed by atoms with van der Waals surface area (Å²) < 4.78 is 31.5. The van der Waals surface area contributed by atoms with Gasteiger partial charge >= 0.3 is 0 Å². The molecule has 5 heteroatoms. The van der Waals surface area contributed by atoms with Gasteiger partial charge in [0.2, 0.25) is 0 Å². The molecule has 0 aliphatic carbocycles. The highest BCUT2D eigenvalue weighted by molar-refractivity contribution is 5.33. The van der Waals surface area contributed by atoms with Crippen LogP contribution >= 0.6 is 0 Å². The van der Waals surface area contributed by atoms with Gasteiger partial charge in [0.25, 0.3) is 0 Å². The number of halogens is 2. The van der Waals surface area contributed by atoms with Crippen molar-refractivity contribution in [3.05, 3.63) is 29.3 Å². The maximum absolute atomic E-state index is 13.4. The normalized spacial score (nSPS) is 21.6. The van der Waals surface area contributed by atoms with Crippen LogP contribution in [0.3, 0.4) is 0 Å². The molecule has 1 heterocycles. The van der Waals surface area contributed by atoms with E-state index in [1.54, 1.807) is 0 Å². The fourth-order valence-electron chi connectivity index (χ4n) is 1.57. The van der Waals surface area contributed by atoms with Gasteiger partial charge in [-0.25, -0.2) is 8.78 Å². The zero-order valence-corrected chi connectivity index (χ0v) is 7.96. The molecular weight excluding hydrogens is 204 g/mol. The van der Waals surface area contributed by atoms with Crippen LogP contribution in [0.4, 0.5) is 8.78 Å². The lowest BCUT2D eigenvalue weighted by Crippen LogP contribution is -2.33. The molecule has 3 nitrogen and oxygen atoms in total. The Hall–Kier alpha value is -1.20. The molecule has 82 valence electrons. The molecule has 1 fully saturated rings. The smallest absolute Gasteiger partial charge is 0.188 e. The topological polar surface area (TPSA) is 41.5 Å². The number of hydrogen-bond acceptors (Lipinski definition) is 3. The molecule has 15 heavy (non-hydrogen) atoms. The van der Waals surface area contributed by atoms with Crippen molar-refractivity contribution in [2.75, 3.05) is 19.7 Å². The van der Waals surface area contributed by atoms with Crippen LogP contribution < -0.4 is 5.32 Å². The quantitative estimate of drug-likeness (QED) is 0.742. The molecular formula is C10H11F2NO2. The molecule has 1 atom stereocenters. The molecule has 0 amide bonds. The fraction of sp³-hybridized carbons (Fsp3) is 0.400. The summed E-state index contributed by atoms with van der Waals surface area (Å²) in [7, 11) is 0. The zero-order valence-electron chi connectivity index (χ0n) is 7.96. The SMILES string of the molecule is Oc1c(F)ccc(C2CNCCO2)c1F. The summed E-state index contributed by atoms with van der Waals surface area (Å²) in [4.78, 5) is 0. The number of morpholine rings is 1. The highest BCUT2D eigenvalue weighted by atomic mass is 19.1. The van der Waals surface area contributed by atoms with E-state index in [2.05, 4.69) is 5.32 Å². The first-order chi connectivity index (χ1) is 7.20. The second kappa shape index (κ2) is 4.12. The molecule has 1 unspecified atom stereocenters. The molecule has 0 saturated carbocycles. The Labute approximate surface area is 85.7 Å². The summed E-state index contributed by atoms with van der Waals surface area (Å²) in [6.45, 7) is 1.65. The second-order valence-electron chi connectivity index (χ2n) is 3.36. The monoisotopic (exact) mass is 215 g/mol. The zero-order chi connectivity index (χ0) is 10.8. The van der Waals surface area contributed by atoms with Crippen LogP contribution in [0.25, 0.3) is 0 Å². The van der Waals surface area contributed by atoms with Crippen LogP contribution in [0.5, 0.6) is 5.75 Å². The van der Waals surface area contributed by atoms with E-state index in [4.69, 9.17) is 9.84 Å². The Balaban J connectivity index is 2.31. The van der Waals surface area contributed by atoms with Crippen LogP contribution in [0, 0.1) is 11.6 Å². The van der Waals surface area contributed by atoms with Gasteiger partial charge in [-0.3, -0.25) is 0 Å². The Morgan fingerprint density at radius 3 is 2.87 bits per heavy atom. The highest BCUT2D eigenvalue weighted by Gasteiger charge is 2.22. The first kappa shape index (κ1) is 10.3. The Morgan fingerprint density at radius 1 is 1.40 bits per heavy atom. The van der Waals surface area contributed by atoms with E-state index in [1.807, 2.05) is 0 Å². The summed E-state index contributed by atoms with van der Waals surface area (Å²) >= 11 is 0. The average Bonchev–Trinajstić information content (AvgIpc) is 2.27. The van der Waals surface area contributed by atoms with Crippen LogP contribution in [0.15, 0.2) is 12.1 Å². The van der Waals surface area contributed by atoms with Crippen LogP contribution in [0.1, 0.15) is 11.7 Å². The molecule has 1 aliphatic heterocycles. The van der Waals surface area contributed by atoms with Gasteiger partial charge in [-0.05, 0) is 6.07 Å². The molecule has 0 spiro atoms. The maximum atomic E-state index is 13.4. The van der Waals surface area contributed by atoms with Crippen molar-refractivity contribution in [3.8, 4) is 5.75 Å². The summed E-state index contributed by atoms with van der Waals surface area (Å²) in [6.07, 6.45) is -0.467. The number of phenols is 1. The third-order valence-electron chi connectivity index (χ3n) is 2.37. The minimum absolute atomic E-state index is 0.182. The van der Waals surface area contributed by atoms with E-state index in [-0.39, 0.29) is 5.56 Å². The van der Waals surface area contributed by atoms with Gasteiger partial charge in [0.05, 0.1) is 12.7 Å². The van der Waals surface area contributed by atoms with Crippen molar-refractivity contribution in [2.45, 2.75) is 6.10 Å². The summed E-state index contributed by atoms with van der Waals surface area (Å²) in [5.41, 5.74) is 0.182. The molecule has 2 N–H and O–H groups in total. The summed E-state index contributed by atoms with van der Waals surface area (Å²) in [6, 6.07) is 2.33. The number of aromatic hydroxyl groups is 1. The minimum atomic E-state index is -0.958. The molecule has 0 bridgehead atoms. The molecule has 0 radical (unpaired) electrons. The van der Waals surface area contributed by atoms with Crippen molar-refractivity contribution in [3.63, 3.8) is 0 Å². The first-order valence-corrected chi connectivity index (χ1v) is 4.69. The summed E-state index contributed by atoms with van der Waals surface area (Å²) in [5.74, 6) is -2.84. The molecule has 1 aliphatic rings. The van der Waals surface area contributed by atoms with Crippen molar-refractivity contribution in [1.82, 2.24) is 5.32 Å². The van der Waals surface area contributed by atoms with Crippen molar-refractivity contribution < 1.29 is 18.6 Å². The van der Waals surface area contributed by atoms with E-state index in [0.29, 0.717) is 19.7 Å². The lowest BCUT2D eigenvalue weighted by atomic mass is 10.1. The van der Waals surface area contributed by atoms with Gasteiger partial charge < -0.3 is 15.2 Å². The van der Waals surface area contributed by atoms with Gasteiger partial charge in [-0.1, -0.05) is 6.07 Å². The number of ether oxygens (including phenoxy) is 1. The lowest BCUT2D eigenvalue weighted by Gasteiger charge is -2.24. The van der Waals surface area contributed by atoms with Crippen molar-refractivity contribution in [1.29, 1.82) is 0 Å². The fourth-order valence-corrected chi connectivity index (χ4v) is 1.57. The largest absolute Gasteiger partial charge is 0.503 e. The van der Waals surface area contributed by atoms with Gasteiger partial charge in [-0.2, -0.15) is 0 Å². The number of benzene rings is 1. The predicted molar refractivity (Wildman–Crippen MR) is 49.6 cm³/mol. The average molecular weight is 215 g/mol. The van der Waals surface area contributed by atoms with Crippen LogP contribution in [-0.2, 0) is 4.74 Å². The first-order valence-electron chi connectivity index (χ1n) is 4.69. The van der Waals surface area contributed by atoms with Crippen LogP contribution in [-0.4, -0.2) is 24.8 Å². The molecule has 0 aromatic heterocycles. The third-order valence-corrected chi connectivity index (χ3v) is 2.37. The van der Waals surface area contributed by atoms with E-state index in [9.17, 15) is 8.78 Å². The summed E-state index contributed by atoms with van der Waals surface area (Å²) in [5, 5.41) is 12.1. The standard InChI is InChI=1S/C10H11F2NO2/c11-7-2-1-6(9(12)10(7)14)8-5-13-3-4-15-8/h1-2,8,13-14H,3-5H2. The lowest BCUT2D eigenvalue weighted by molar-refractivity contribution is 0.0252. The van der Waals surface area contributed by atoms with E-state index in [0.717, 1.165) is 6.07 Å². The van der Waals surface area contributed by atoms with Gasteiger partial charge in [0.15, 0.2) is 17.4 Å². The maximum Gasteiger partial charge on any atom is 0.188 e. The van der Waals surface area contributed by atoms with Crippen molar-refractivity contribution >= 4 is 0 Å². The minimum Gasteiger partial charge on any atom is -0.503 e. The van der Waals surface area contributed by atoms with Gasteiger partial charge in [-0.15, -0.1) is 0 Å². The third kappa shape index (κ3) is 1.93.